The topological polar surface area (TPSA) is 51.3 Å². The summed E-state index contributed by atoms with van der Waals surface area (Å²) >= 11 is 0. The Morgan fingerprint density at radius 3 is 2.70 bits per heavy atom. The highest BCUT2D eigenvalue weighted by molar-refractivity contribution is 5.73. The van der Waals surface area contributed by atoms with Gasteiger partial charge < -0.3 is 14.5 Å². The highest BCUT2D eigenvalue weighted by atomic mass is 16.7. The van der Waals surface area contributed by atoms with Crippen LogP contribution in [0, 0.1) is 0 Å². The third kappa shape index (κ3) is 1.98. The Bertz CT molecular complexity index is 853. The van der Waals surface area contributed by atoms with Crippen LogP contribution in [0.1, 0.15) is 26.3 Å². The van der Waals surface area contributed by atoms with Gasteiger partial charge in [-0.3, -0.25) is 4.79 Å². The van der Waals surface area contributed by atoms with E-state index in [0.29, 0.717) is 11.3 Å². The van der Waals surface area contributed by atoms with Crippen molar-refractivity contribution in [2.75, 3.05) is 0 Å². The fraction of sp³-hybridized carbons (Fsp3) is 0.316. The molecule has 2 aromatic rings. The van der Waals surface area contributed by atoms with Crippen molar-refractivity contribution in [1.82, 2.24) is 4.98 Å². The minimum absolute atomic E-state index is 0.0124. The highest BCUT2D eigenvalue weighted by Crippen LogP contribution is 2.49. The summed E-state index contributed by atoms with van der Waals surface area (Å²) in [6, 6.07) is 9.92. The molecule has 4 heteroatoms. The molecule has 1 N–H and O–H groups in total. The average molecular weight is 309 g/mol. The Morgan fingerprint density at radius 2 is 1.96 bits per heavy atom. The lowest BCUT2D eigenvalue weighted by atomic mass is 9.79. The van der Waals surface area contributed by atoms with Crippen LogP contribution in [-0.4, -0.2) is 17.4 Å². The molecule has 2 aliphatic rings. The second kappa shape index (κ2) is 4.83. The van der Waals surface area contributed by atoms with Gasteiger partial charge in [0.15, 0.2) is 0 Å². The van der Waals surface area contributed by atoms with Gasteiger partial charge in [0.2, 0.25) is 6.29 Å². The Balaban J connectivity index is 1.96. The van der Waals surface area contributed by atoms with Gasteiger partial charge in [-0.15, -0.1) is 0 Å². The number of aromatic nitrogens is 1. The van der Waals surface area contributed by atoms with Gasteiger partial charge in [-0.05, 0) is 31.9 Å². The van der Waals surface area contributed by atoms with Crippen molar-refractivity contribution in [3.8, 4) is 16.9 Å². The minimum Gasteiger partial charge on any atom is -0.462 e. The SMILES string of the molecule is CC1=C[C@@]2(C)c3c(c(-c4ccccc4)c[nH]c3=O)O[C@H]2O[C@H]1C. The molecule has 0 fully saturated rings. The summed E-state index contributed by atoms with van der Waals surface area (Å²) in [7, 11) is 0. The second-order valence-corrected chi connectivity index (χ2v) is 6.50. The van der Waals surface area contributed by atoms with E-state index in [-0.39, 0.29) is 11.7 Å². The van der Waals surface area contributed by atoms with Crippen molar-refractivity contribution in [2.45, 2.75) is 38.6 Å². The number of hydrogen-bond acceptors (Lipinski definition) is 3. The molecule has 0 unspecified atom stereocenters. The van der Waals surface area contributed by atoms with Crippen LogP contribution in [0.2, 0.25) is 0 Å². The summed E-state index contributed by atoms with van der Waals surface area (Å²) in [5.41, 5.74) is 2.98. The first-order valence-corrected chi connectivity index (χ1v) is 7.84. The van der Waals surface area contributed by atoms with Gasteiger partial charge >= 0.3 is 0 Å². The quantitative estimate of drug-likeness (QED) is 0.822. The van der Waals surface area contributed by atoms with E-state index in [2.05, 4.69) is 11.1 Å². The third-order valence-corrected chi connectivity index (χ3v) is 4.88. The van der Waals surface area contributed by atoms with Gasteiger partial charge in [-0.25, -0.2) is 0 Å². The van der Waals surface area contributed by atoms with Crippen LogP contribution in [0.3, 0.4) is 0 Å². The van der Waals surface area contributed by atoms with Crippen molar-refractivity contribution in [2.24, 2.45) is 0 Å². The zero-order chi connectivity index (χ0) is 16.2. The van der Waals surface area contributed by atoms with E-state index < -0.39 is 11.7 Å². The lowest BCUT2D eigenvalue weighted by Gasteiger charge is -2.35. The number of pyridine rings is 1. The van der Waals surface area contributed by atoms with E-state index in [4.69, 9.17) is 9.47 Å². The summed E-state index contributed by atoms with van der Waals surface area (Å²) in [6.45, 7) is 6.03. The Hall–Kier alpha value is -2.33. The van der Waals surface area contributed by atoms with Crippen LogP contribution >= 0.6 is 0 Å². The van der Waals surface area contributed by atoms with Crippen LogP contribution in [-0.2, 0) is 10.2 Å². The number of nitrogens with one attached hydrogen (secondary N) is 1. The fourth-order valence-electron chi connectivity index (χ4n) is 3.50. The molecule has 4 rings (SSSR count). The van der Waals surface area contributed by atoms with Crippen LogP contribution < -0.4 is 10.3 Å². The number of H-pyrrole nitrogens is 1. The molecule has 0 saturated carbocycles. The van der Waals surface area contributed by atoms with Crippen molar-refractivity contribution in [3.63, 3.8) is 0 Å². The molecule has 3 heterocycles. The monoisotopic (exact) mass is 309 g/mol. The molecule has 1 aromatic heterocycles. The molecule has 0 bridgehead atoms. The van der Waals surface area contributed by atoms with Gasteiger partial charge in [-0.1, -0.05) is 36.4 Å². The molecule has 4 nitrogen and oxygen atoms in total. The fourth-order valence-corrected chi connectivity index (χ4v) is 3.50. The van der Waals surface area contributed by atoms with Crippen LogP contribution in [0.4, 0.5) is 0 Å². The maximum atomic E-state index is 12.5. The highest BCUT2D eigenvalue weighted by Gasteiger charge is 2.51. The van der Waals surface area contributed by atoms with E-state index >= 15 is 0 Å². The van der Waals surface area contributed by atoms with E-state index in [1.165, 1.54) is 0 Å². The Morgan fingerprint density at radius 1 is 1.22 bits per heavy atom. The number of hydrogen-bond donors (Lipinski definition) is 1. The zero-order valence-corrected chi connectivity index (χ0v) is 13.4. The molecule has 3 atom stereocenters. The number of rotatable bonds is 1. The molecule has 0 spiro atoms. The predicted molar refractivity (Wildman–Crippen MR) is 88.6 cm³/mol. The molecular weight excluding hydrogens is 290 g/mol. The van der Waals surface area contributed by atoms with Crippen molar-refractivity contribution in [3.05, 3.63) is 64.1 Å². The van der Waals surface area contributed by atoms with Gasteiger partial charge in [0.05, 0.1) is 17.1 Å². The second-order valence-electron chi connectivity index (χ2n) is 6.50. The predicted octanol–water partition coefficient (Wildman–Crippen LogP) is 3.38. The van der Waals surface area contributed by atoms with E-state index in [9.17, 15) is 4.79 Å². The van der Waals surface area contributed by atoms with Crippen LogP contribution in [0.5, 0.6) is 5.75 Å². The van der Waals surface area contributed by atoms with Gasteiger partial charge in [-0.2, -0.15) is 0 Å². The number of aromatic amines is 1. The van der Waals surface area contributed by atoms with Gasteiger partial charge in [0.1, 0.15) is 5.75 Å². The van der Waals surface area contributed by atoms with Crippen molar-refractivity contribution < 1.29 is 9.47 Å². The molecule has 0 aliphatic carbocycles. The molecule has 0 radical (unpaired) electrons. The summed E-state index contributed by atoms with van der Waals surface area (Å²) in [6.07, 6.45) is 3.35. The largest absolute Gasteiger partial charge is 0.462 e. The number of ether oxygens (including phenoxy) is 2. The number of benzene rings is 1. The molecule has 23 heavy (non-hydrogen) atoms. The first-order chi connectivity index (χ1) is 11.0. The van der Waals surface area contributed by atoms with Crippen molar-refractivity contribution in [1.29, 1.82) is 0 Å². The Kier molecular flexibility index (Phi) is 3.00. The number of fused-ring (bicyclic) bond motifs is 3. The maximum absolute atomic E-state index is 12.5. The van der Waals surface area contributed by atoms with Crippen LogP contribution in [0.15, 0.2) is 53.0 Å². The standard InChI is InChI=1S/C19H19NO3/c1-11-9-19(3)15-16(23-18(19)22-12(11)2)14(10-20-17(15)21)13-7-5-4-6-8-13/h4-10,12,18H,1-3H3,(H,20,21)/t12-,18+,19-/m0/s1. The maximum Gasteiger partial charge on any atom is 0.256 e. The third-order valence-electron chi connectivity index (χ3n) is 4.88. The lowest BCUT2D eigenvalue weighted by molar-refractivity contribution is -0.126. The molecule has 2 aliphatic heterocycles. The molecule has 0 amide bonds. The van der Waals surface area contributed by atoms with E-state index in [0.717, 1.165) is 16.7 Å². The normalized spacial score (nSPS) is 28.6. The Labute approximate surface area is 134 Å². The van der Waals surface area contributed by atoms with Gasteiger partial charge in [0, 0.05) is 11.8 Å². The lowest BCUT2D eigenvalue weighted by Crippen LogP contribution is -2.44. The van der Waals surface area contributed by atoms with E-state index in [1.807, 2.05) is 51.1 Å². The summed E-state index contributed by atoms with van der Waals surface area (Å²) < 4.78 is 12.1. The molecular formula is C19H19NO3. The van der Waals surface area contributed by atoms with Gasteiger partial charge in [0.25, 0.3) is 5.56 Å². The molecule has 0 saturated heterocycles. The summed E-state index contributed by atoms with van der Waals surface area (Å²) in [4.78, 5) is 15.4. The van der Waals surface area contributed by atoms with Crippen molar-refractivity contribution >= 4 is 0 Å². The van der Waals surface area contributed by atoms with E-state index in [1.54, 1.807) is 6.20 Å². The molecule has 1 aromatic carbocycles. The summed E-state index contributed by atoms with van der Waals surface area (Å²) in [5, 5.41) is 0. The zero-order valence-electron chi connectivity index (χ0n) is 13.4. The first kappa shape index (κ1) is 14.3. The smallest absolute Gasteiger partial charge is 0.256 e. The summed E-state index contributed by atoms with van der Waals surface area (Å²) in [5.74, 6) is 0.630. The average Bonchev–Trinajstić information content (AvgIpc) is 2.82. The molecule has 118 valence electrons. The minimum atomic E-state index is -0.565. The van der Waals surface area contributed by atoms with Crippen LogP contribution in [0.25, 0.3) is 11.1 Å². The first-order valence-electron chi connectivity index (χ1n) is 7.84.